The Morgan fingerprint density at radius 1 is 1.11 bits per heavy atom. The summed E-state index contributed by atoms with van der Waals surface area (Å²) in [6, 6.07) is 0. The van der Waals surface area contributed by atoms with Gasteiger partial charge in [-0.2, -0.15) is 0 Å². The van der Waals surface area contributed by atoms with Crippen molar-refractivity contribution in [3.63, 3.8) is 0 Å². The van der Waals surface area contributed by atoms with Gasteiger partial charge in [-0.3, -0.25) is 0 Å². The normalized spacial score (nSPS) is 37.6. The number of allylic oxidation sites excluding steroid dienone is 4. The van der Waals surface area contributed by atoms with Gasteiger partial charge in [0.05, 0.1) is 6.10 Å². The number of hydrogen-bond acceptors (Lipinski definition) is 1. The van der Waals surface area contributed by atoms with Crippen LogP contribution < -0.4 is 0 Å². The molecule has 3 fully saturated rings. The van der Waals surface area contributed by atoms with Crippen molar-refractivity contribution in [2.24, 2.45) is 29.1 Å². The fourth-order valence-corrected chi connectivity index (χ4v) is 6.66. The first-order valence-corrected chi connectivity index (χ1v) is 12.1. The predicted octanol–water partition coefficient (Wildman–Crippen LogP) is 7.62. The minimum atomic E-state index is -0.172. The summed E-state index contributed by atoms with van der Waals surface area (Å²) in [6.07, 6.45) is 18.2. The van der Waals surface area contributed by atoms with Crippen LogP contribution in [0.25, 0.3) is 0 Å². The summed E-state index contributed by atoms with van der Waals surface area (Å²) in [5.74, 6) is 3.37. The van der Waals surface area contributed by atoms with Crippen LogP contribution in [0.1, 0.15) is 98.3 Å². The van der Waals surface area contributed by atoms with Crippen LogP contribution in [0.15, 0.2) is 35.5 Å². The summed E-state index contributed by atoms with van der Waals surface area (Å²) in [4.78, 5) is 0. The van der Waals surface area contributed by atoms with Crippen LogP contribution in [-0.2, 0) is 0 Å². The summed E-state index contributed by atoms with van der Waals surface area (Å²) in [5.41, 5.74) is 4.72. The van der Waals surface area contributed by atoms with Gasteiger partial charge in [0.25, 0.3) is 0 Å². The molecule has 1 nitrogen and oxygen atoms in total. The Morgan fingerprint density at radius 3 is 2.64 bits per heavy atom. The smallest absolute Gasteiger partial charge is 0.0583 e. The molecular weight excluding hydrogens is 340 g/mol. The summed E-state index contributed by atoms with van der Waals surface area (Å²) >= 11 is 0. The van der Waals surface area contributed by atoms with Gasteiger partial charge in [0, 0.05) is 0 Å². The van der Waals surface area contributed by atoms with Gasteiger partial charge in [-0.05, 0) is 86.0 Å². The molecule has 5 atom stereocenters. The number of rotatable bonds is 6. The molecule has 0 spiro atoms. The second-order valence-corrected chi connectivity index (χ2v) is 10.8. The Morgan fingerprint density at radius 2 is 1.89 bits per heavy atom. The molecule has 0 heterocycles. The first-order chi connectivity index (χ1) is 13.3. The number of hydrogen-bond donors (Lipinski definition) is 1. The van der Waals surface area contributed by atoms with Crippen molar-refractivity contribution < 1.29 is 5.11 Å². The molecule has 0 aromatic carbocycles. The molecule has 3 rings (SSSR count). The Kier molecular flexibility index (Phi) is 7.29. The molecule has 0 aliphatic heterocycles. The molecule has 0 saturated heterocycles. The fraction of sp³-hybridized carbons (Fsp3) is 0.778. The Labute approximate surface area is 174 Å². The summed E-state index contributed by atoms with van der Waals surface area (Å²) in [7, 11) is 0. The van der Waals surface area contributed by atoms with Gasteiger partial charge in [-0.15, -0.1) is 0 Å². The molecule has 1 heteroatoms. The van der Waals surface area contributed by atoms with Gasteiger partial charge >= 0.3 is 0 Å². The van der Waals surface area contributed by atoms with Crippen LogP contribution in [0, 0.1) is 29.1 Å². The highest BCUT2D eigenvalue weighted by atomic mass is 16.3. The molecule has 0 aromatic rings. The van der Waals surface area contributed by atoms with Crippen molar-refractivity contribution in [2.75, 3.05) is 0 Å². The van der Waals surface area contributed by atoms with Crippen LogP contribution >= 0.6 is 0 Å². The average molecular weight is 385 g/mol. The molecule has 3 aliphatic rings. The van der Waals surface area contributed by atoms with Crippen molar-refractivity contribution in [1.82, 2.24) is 0 Å². The molecule has 0 unspecified atom stereocenters. The average Bonchev–Trinajstić information content (AvgIpc) is 2.99. The fourth-order valence-electron chi connectivity index (χ4n) is 6.66. The minimum absolute atomic E-state index is 0.172. The van der Waals surface area contributed by atoms with Crippen molar-refractivity contribution >= 4 is 0 Å². The first-order valence-electron chi connectivity index (χ1n) is 12.1. The number of aliphatic hydroxyl groups excluding tert-OH is 1. The molecule has 0 radical (unpaired) electrons. The molecule has 0 aromatic heterocycles. The monoisotopic (exact) mass is 384 g/mol. The van der Waals surface area contributed by atoms with Crippen molar-refractivity contribution in [3.8, 4) is 0 Å². The standard InChI is InChI=1S/C27H44O/c1-19(2)8-6-9-21(4)25-15-16-26-22(10-7-17-27(25,26)5)12-13-23-18-24(28)14-11-20(23)3/h12-13,19,21,24-26,28H,3,6-11,14-18H2,1-2,4-5H3/b22-12-,23-13-/t21-,24+,25-,26+,27-/m1/s1. The largest absolute Gasteiger partial charge is 0.393 e. The van der Waals surface area contributed by atoms with Gasteiger partial charge < -0.3 is 5.11 Å². The number of aliphatic hydroxyl groups is 1. The molecular formula is C27H44O. The van der Waals surface area contributed by atoms with Crippen molar-refractivity contribution in [2.45, 2.75) is 104 Å². The van der Waals surface area contributed by atoms with E-state index in [0.29, 0.717) is 5.41 Å². The lowest BCUT2D eigenvalue weighted by Crippen LogP contribution is -2.36. The molecule has 0 amide bonds. The van der Waals surface area contributed by atoms with Gasteiger partial charge in [0.15, 0.2) is 0 Å². The van der Waals surface area contributed by atoms with Gasteiger partial charge in [-0.1, -0.05) is 76.8 Å². The maximum Gasteiger partial charge on any atom is 0.0583 e. The Hall–Kier alpha value is -0.820. The molecule has 28 heavy (non-hydrogen) atoms. The lowest BCUT2D eigenvalue weighted by molar-refractivity contribution is 0.0929. The SMILES string of the molecule is C=C1CC[C@H](O)C/C1=C/C=C1/CCC[C@]2(C)[C@@H]([C@H](C)CCCC(C)C)CC[C@@H]12. The molecule has 0 bridgehead atoms. The maximum atomic E-state index is 10.0. The lowest BCUT2D eigenvalue weighted by atomic mass is 9.60. The molecule has 1 N–H and O–H groups in total. The van der Waals surface area contributed by atoms with E-state index >= 15 is 0 Å². The van der Waals surface area contributed by atoms with Crippen LogP contribution in [0.2, 0.25) is 0 Å². The van der Waals surface area contributed by atoms with E-state index in [2.05, 4.69) is 46.4 Å². The van der Waals surface area contributed by atoms with Gasteiger partial charge in [0.1, 0.15) is 0 Å². The highest BCUT2D eigenvalue weighted by molar-refractivity contribution is 5.36. The van der Waals surface area contributed by atoms with E-state index in [1.54, 1.807) is 5.57 Å². The summed E-state index contributed by atoms with van der Waals surface area (Å²) in [6.45, 7) is 14.1. The lowest BCUT2D eigenvalue weighted by Gasteiger charge is -2.44. The third kappa shape index (κ3) is 4.84. The zero-order valence-corrected chi connectivity index (χ0v) is 19.0. The second-order valence-electron chi connectivity index (χ2n) is 10.8. The highest BCUT2D eigenvalue weighted by Gasteiger charge is 2.50. The highest BCUT2D eigenvalue weighted by Crippen LogP contribution is 2.59. The first kappa shape index (κ1) is 21.9. The van der Waals surface area contributed by atoms with Crippen LogP contribution in [0.4, 0.5) is 0 Å². The topological polar surface area (TPSA) is 20.2 Å². The van der Waals surface area contributed by atoms with Gasteiger partial charge in [-0.25, -0.2) is 0 Å². The minimum Gasteiger partial charge on any atom is -0.393 e. The zero-order valence-electron chi connectivity index (χ0n) is 19.0. The van der Waals surface area contributed by atoms with E-state index in [-0.39, 0.29) is 6.10 Å². The predicted molar refractivity (Wildman–Crippen MR) is 121 cm³/mol. The van der Waals surface area contributed by atoms with Crippen LogP contribution in [0.5, 0.6) is 0 Å². The quantitative estimate of drug-likeness (QED) is 0.499. The Bertz CT molecular complexity index is 610. The van der Waals surface area contributed by atoms with E-state index < -0.39 is 0 Å². The molecule has 3 aliphatic carbocycles. The van der Waals surface area contributed by atoms with Crippen LogP contribution in [-0.4, -0.2) is 11.2 Å². The third-order valence-electron chi connectivity index (χ3n) is 8.35. The summed E-state index contributed by atoms with van der Waals surface area (Å²) in [5, 5.41) is 10.0. The molecule has 158 valence electrons. The second kappa shape index (κ2) is 9.33. The van der Waals surface area contributed by atoms with E-state index in [4.69, 9.17) is 0 Å². The summed E-state index contributed by atoms with van der Waals surface area (Å²) < 4.78 is 0. The van der Waals surface area contributed by atoms with Gasteiger partial charge in [0.2, 0.25) is 0 Å². The third-order valence-corrected chi connectivity index (χ3v) is 8.35. The van der Waals surface area contributed by atoms with Crippen molar-refractivity contribution in [1.29, 1.82) is 0 Å². The number of fused-ring (bicyclic) bond motifs is 1. The maximum absolute atomic E-state index is 10.0. The van der Waals surface area contributed by atoms with Crippen molar-refractivity contribution in [3.05, 3.63) is 35.5 Å². The van der Waals surface area contributed by atoms with E-state index in [1.165, 1.54) is 62.5 Å². The zero-order chi connectivity index (χ0) is 20.3. The van der Waals surface area contributed by atoms with E-state index in [0.717, 1.165) is 42.9 Å². The van der Waals surface area contributed by atoms with E-state index in [9.17, 15) is 5.11 Å². The molecule has 3 saturated carbocycles. The van der Waals surface area contributed by atoms with Crippen LogP contribution in [0.3, 0.4) is 0 Å². The Balaban J connectivity index is 1.70. The van der Waals surface area contributed by atoms with E-state index in [1.807, 2.05) is 0 Å².